The first-order valence-electron chi connectivity index (χ1n) is 6.09. The van der Waals surface area contributed by atoms with Gasteiger partial charge in [0.05, 0.1) is 6.61 Å². The van der Waals surface area contributed by atoms with Crippen LogP contribution in [-0.2, 0) is 9.53 Å². The highest BCUT2D eigenvalue weighted by atomic mass is 16.5. The van der Waals surface area contributed by atoms with E-state index in [4.69, 9.17) is 9.15 Å². The highest BCUT2D eigenvalue weighted by Gasteiger charge is 2.21. The van der Waals surface area contributed by atoms with Crippen molar-refractivity contribution in [3.63, 3.8) is 0 Å². The zero-order valence-corrected chi connectivity index (χ0v) is 11.1. The van der Waals surface area contributed by atoms with E-state index in [1.54, 1.807) is 26.0 Å². The zero-order valence-electron chi connectivity index (χ0n) is 11.1. The summed E-state index contributed by atoms with van der Waals surface area (Å²) in [5.74, 6) is 0.247. The van der Waals surface area contributed by atoms with Gasteiger partial charge in [-0.3, -0.25) is 9.59 Å². The Morgan fingerprint density at radius 1 is 1.33 bits per heavy atom. The van der Waals surface area contributed by atoms with Crippen LogP contribution in [0.3, 0.4) is 0 Å². The van der Waals surface area contributed by atoms with E-state index in [2.05, 4.69) is 0 Å². The minimum Gasteiger partial charge on any atom is -0.465 e. The maximum Gasteiger partial charge on any atom is 0.325 e. The van der Waals surface area contributed by atoms with Gasteiger partial charge in [0.15, 0.2) is 5.76 Å². The van der Waals surface area contributed by atoms with Gasteiger partial charge >= 0.3 is 5.97 Å². The second-order valence-electron chi connectivity index (χ2n) is 3.94. The van der Waals surface area contributed by atoms with Crippen molar-refractivity contribution in [2.45, 2.75) is 27.2 Å². The smallest absolute Gasteiger partial charge is 0.325 e. The number of ether oxygens (including phenoxy) is 1. The molecule has 1 rings (SSSR count). The number of esters is 1. The Morgan fingerprint density at radius 2 is 2.06 bits per heavy atom. The second-order valence-corrected chi connectivity index (χ2v) is 3.94. The number of aryl methyl sites for hydroxylation is 1. The van der Waals surface area contributed by atoms with Crippen molar-refractivity contribution in [3.05, 3.63) is 23.7 Å². The summed E-state index contributed by atoms with van der Waals surface area (Å²) in [5.41, 5.74) is 0. The van der Waals surface area contributed by atoms with E-state index in [-0.39, 0.29) is 18.2 Å². The Balaban J connectivity index is 2.71. The van der Waals surface area contributed by atoms with Crippen LogP contribution in [0.25, 0.3) is 0 Å². The summed E-state index contributed by atoms with van der Waals surface area (Å²) in [6.07, 6.45) is 0.769. The molecule has 1 amide bonds. The summed E-state index contributed by atoms with van der Waals surface area (Å²) in [7, 11) is 0. The van der Waals surface area contributed by atoms with Gasteiger partial charge in [-0.1, -0.05) is 6.92 Å². The summed E-state index contributed by atoms with van der Waals surface area (Å²) >= 11 is 0. The molecular weight excluding hydrogens is 234 g/mol. The Kier molecular flexibility index (Phi) is 5.42. The number of hydrogen-bond donors (Lipinski definition) is 0. The van der Waals surface area contributed by atoms with Crippen LogP contribution < -0.4 is 0 Å². The first-order chi connectivity index (χ1) is 8.58. The summed E-state index contributed by atoms with van der Waals surface area (Å²) in [6.45, 7) is 6.22. The van der Waals surface area contributed by atoms with Crippen molar-refractivity contribution in [1.82, 2.24) is 4.90 Å². The minimum absolute atomic E-state index is 0.0414. The molecule has 0 fully saturated rings. The number of hydrogen-bond acceptors (Lipinski definition) is 4. The van der Waals surface area contributed by atoms with Gasteiger partial charge in [-0.15, -0.1) is 0 Å². The molecule has 0 aliphatic carbocycles. The Morgan fingerprint density at radius 3 is 2.56 bits per heavy atom. The number of nitrogens with zero attached hydrogens (tertiary/aromatic N) is 1. The number of carbonyl (C=O) groups is 2. The van der Waals surface area contributed by atoms with Crippen molar-refractivity contribution < 1.29 is 18.7 Å². The van der Waals surface area contributed by atoms with Gasteiger partial charge in [0, 0.05) is 6.54 Å². The lowest BCUT2D eigenvalue weighted by molar-refractivity contribution is -0.143. The van der Waals surface area contributed by atoms with Gasteiger partial charge in [-0.2, -0.15) is 0 Å². The summed E-state index contributed by atoms with van der Waals surface area (Å²) in [6, 6.07) is 3.34. The zero-order chi connectivity index (χ0) is 13.5. The Labute approximate surface area is 107 Å². The van der Waals surface area contributed by atoms with Crippen molar-refractivity contribution >= 4 is 11.9 Å². The third-order valence-corrected chi connectivity index (χ3v) is 2.36. The average Bonchev–Trinajstić information content (AvgIpc) is 2.75. The van der Waals surface area contributed by atoms with Crippen LogP contribution in [0.4, 0.5) is 0 Å². The van der Waals surface area contributed by atoms with Gasteiger partial charge in [0.2, 0.25) is 0 Å². The Bertz CT molecular complexity index is 411. The minimum atomic E-state index is -0.400. The molecule has 0 aliphatic heterocycles. The standard InChI is InChI=1S/C13H19NO4/c1-4-8-14(9-12(15)17-5-2)13(16)11-7-6-10(3)18-11/h6-7H,4-5,8-9H2,1-3H3. The van der Waals surface area contributed by atoms with Gasteiger partial charge in [-0.05, 0) is 32.4 Å². The molecule has 18 heavy (non-hydrogen) atoms. The molecule has 1 aromatic rings. The van der Waals surface area contributed by atoms with Gasteiger partial charge in [-0.25, -0.2) is 0 Å². The molecule has 0 bridgehead atoms. The molecule has 100 valence electrons. The SMILES string of the molecule is CCCN(CC(=O)OCC)C(=O)c1ccc(C)o1. The highest BCUT2D eigenvalue weighted by Crippen LogP contribution is 2.10. The Hall–Kier alpha value is -1.78. The summed E-state index contributed by atoms with van der Waals surface area (Å²) < 4.78 is 10.1. The molecule has 0 N–H and O–H groups in total. The lowest BCUT2D eigenvalue weighted by Crippen LogP contribution is -2.36. The van der Waals surface area contributed by atoms with Gasteiger partial charge < -0.3 is 14.1 Å². The normalized spacial score (nSPS) is 10.2. The molecule has 0 radical (unpaired) electrons. The maximum absolute atomic E-state index is 12.1. The first-order valence-corrected chi connectivity index (χ1v) is 6.09. The van der Waals surface area contributed by atoms with Crippen LogP contribution >= 0.6 is 0 Å². The quantitative estimate of drug-likeness (QED) is 0.727. The molecule has 0 saturated carbocycles. The van der Waals surface area contributed by atoms with E-state index in [0.717, 1.165) is 6.42 Å². The molecule has 0 saturated heterocycles. The van der Waals surface area contributed by atoms with E-state index in [1.807, 2.05) is 6.92 Å². The van der Waals surface area contributed by atoms with Crippen LogP contribution in [0.5, 0.6) is 0 Å². The second kappa shape index (κ2) is 6.83. The molecule has 5 heteroatoms. The van der Waals surface area contributed by atoms with Gasteiger partial charge in [0.25, 0.3) is 5.91 Å². The molecule has 0 atom stereocenters. The molecule has 1 aromatic heterocycles. The van der Waals surface area contributed by atoms with E-state index in [1.165, 1.54) is 4.90 Å². The molecule has 0 aliphatic rings. The fourth-order valence-electron chi connectivity index (χ4n) is 1.59. The van der Waals surface area contributed by atoms with Crippen molar-refractivity contribution in [3.8, 4) is 0 Å². The molecular formula is C13H19NO4. The van der Waals surface area contributed by atoms with Crippen LogP contribution in [0.15, 0.2) is 16.5 Å². The number of amides is 1. The van der Waals surface area contributed by atoms with Crippen LogP contribution in [0, 0.1) is 6.92 Å². The van der Waals surface area contributed by atoms with E-state index >= 15 is 0 Å². The molecule has 0 aromatic carbocycles. The van der Waals surface area contributed by atoms with E-state index < -0.39 is 5.97 Å². The van der Waals surface area contributed by atoms with Crippen molar-refractivity contribution in [2.75, 3.05) is 19.7 Å². The highest BCUT2D eigenvalue weighted by molar-refractivity contribution is 5.93. The van der Waals surface area contributed by atoms with Gasteiger partial charge in [0.1, 0.15) is 12.3 Å². The monoisotopic (exact) mass is 253 g/mol. The van der Waals surface area contributed by atoms with E-state index in [0.29, 0.717) is 18.9 Å². The first kappa shape index (κ1) is 14.3. The van der Waals surface area contributed by atoms with Crippen molar-refractivity contribution in [1.29, 1.82) is 0 Å². The summed E-state index contributed by atoms with van der Waals surface area (Å²) in [5, 5.41) is 0. The van der Waals surface area contributed by atoms with Crippen LogP contribution in [0.2, 0.25) is 0 Å². The fourth-order valence-corrected chi connectivity index (χ4v) is 1.59. The number of rotatable bonds is 6. The average molecular weight is 253 g/mol. The lowest BCUT2D eigenvalue weighted by atomic mass is 10.3. The number of carbonyl (C=O) groups excluding carboxylic acids is 2. The molecule has 1 heterocycles. The topological polar surface area (TPSA) is 59.8 Å². The summed E-state index contributed by atoms with van der Waals surface area (Å²) in [4.78, 5) is 25.0. The van der Waals surface area contributed by atoms with Crippen LogP contribution in [-0.4, -0.2) is 36.5 Å². The molecule has 5 nitrogen and oxygen atoms in total. The third-order valence-electron chi connectivity index (χ3n) is 2.36. The maximum atomic E-state index is 12.1. The molecule has 0 spiro atoms. The fraction of sp³-hybridized carbons (Fsp3) is 0.538. The van der Waals surface area contributed by atoms with Crippen LogP contribution in [0.1, 0.15) is 36.6 Å². The predicted molar refractivity (Wildman–Crippen MR) is 66.3 cm³/mol. The molecule has 0 unspecified atom stereocenters. The number of furan rings is 1. The third kappa shape index (κ3) is 3.91. The largest absolute Gasteiger partial charge is 0.465 e. The van der Waals surface area contributed by atoms with Crippen molar-refractivity contribution in [2.24, 2.45) is 0 Å². The van der Waals surface area contributed by atoms with E-state index in [9.17, 15) is 9.59 Å². The predicted octanol–water partition coefficient (Wildman–Crippen LogP) is 2.00. The lowest BCUT2D eigenvalue weighted by Gasteiger charge is -2.19.